The van der Waals surface area contributed by atoms with Crippen LogP contribution in [-0.2, 0) is 19.6 Å². The number of rotatable bonds is 9. The third-order valence-corrected chi connectivity index (χ3v) is 6.37. The first-order valence-electron chi connectivity index (χ1n) is 11.7. The monoisotopic (exact) mass is 449 g/mol. The van der Waals surface area contributed by atoms with E-state index in [4.69, 9.17) is 0 Å². The Hall–Kier alpha value is -3.26. The fourth-order valence-corrected chi connectivity index (χ4v) is 4.20. The maximum Gasteiger partial charge on any atom is 0.329 e. The highest BCUT2D eigenvalue weighted by Crippen LogP contribution is 2.39. The van der Waals surface area contributed by atoms with Gasteiger partial charge in [0.1, 0.15) is 0 Å². The lowest BCUT2D eigenvalue weighted by atomic mass is 10.1. The van der Waals surface area contributed by atoms with Crippen LogP contribution < -0.4 is 16.6 Å². The van der Waals surface area contributed by atoms with E-state index in [-0.39, 0.29) is 28.4 Å². The molecule has 0 atom stereocenters. The molecule has 1 saturated carbocycles. The first kappa shape index (κ1) is 22.9. The van der Waals surface area contributed by atoms with Gasteiger partial charge in [-0.05, 0) is 50.0 Å². The quantitative estimate of drug-likeness (QED) is 0.523. The molecule has 3 aromatic rings. The van der Waals surface area contributed by atoms with Gasteiger partial charge in [0.2, 0.25) is 0 Å². The summed E-state index contributed by atoms with van der Waals surface area (Å²) in [5, 5.41) is 3.16. The van der Waals surface area contributed by atoms with Crippen LogP contribution in [0.3, 0.4) is 0 Å². The number of carbonyl (C=O) groups excluding carboxylic acids is 1. The Balaban J connectivity index is 1.69. The summed E-state index contributed by atoms with van der Waals surface area (Å²) in [5.74, 6) is -0.0656. The van der Waals surface area contributed by atoms with Crippen molar-refractivity contribution < 1.29 is 4.79 Å². The van der Waals surface area contributed by atoms with Crippen LogP contribution in [0.2, 0.25) is 0 Å². The van der Waals surface area contributed by atoms with Gasteiger partial charge in [-0.25, -0.2) is 9.78 Å². The minimum Gasteiger partial charge on any atom is -0.348 e. The zero-order chi connectivity index (χ0) is 23.5. The van der Waals surface area contributed by atoms with Gasteiger partial charge in [-0.1, -0.05) is 38.1 Å². The molecule has 33 heavy (non-hydrogen) atoms. The van der Waals surface area contributed by atoms with Crippen molar-refractivity contribution in [2.45, 2.75) is 59.2 Å². The van der Waals surface area contributed by atoms with Crippen LogP contribution in [0.25, 0.3) is 11.0 Å². The van der Waals surface area contributed by atoms with E-state index < -0.39 is 11.2 Å². The molecule has 1 aliphatic carbocycles. The minimum atomic E-state index is -0.582. The molecule has 174 valence electrons. The van der Waals surface area contributed by atoms with Crippen LogP contribution in [0.15, 0.2) is 39.9 Å². The first-order chi connectivity index (χ1) is 16.0. The molecule has 1 aliphatic rings. The summed E-state index contributed by atoms with van der Waals surface area (Å²) in [6.45, 7) is 9.50. The topological polar surface area (TPSA) is 100 Å². The molecular weight excluding hydrogens is 418 g/mol. The Morgan fingerprint density at radius 1 is 1.15 bits per heavy atom. The first-order valence-corrected chi connectivity index (χ1v) is 11.7. The molecule has 1 fully saturated rings. The Kier molecular flexibility index (Phi) is 6.74. The SMILES string of the molecule is CCN(CC)Cc1ccccc1CNC(=O)c1cc(C2CC2)nc2c1c(=O)[nH]c(=O)n2CC. The molecule has 1 amide bonds. The third kappa shape index (κ3) is 4.75. The second-order valence-electron chi connectivity index (χ2n) is 8.48. The summed E-state index contributed by atoms with van der Waals surface area (Å²) in [5.41, 5.74) is 2.43. The molecule has 4 rings (SSSR count). The number of H-pyrrole nitrogens is 1. The Morgan fingerprint density at radius 3 is 2.48 bits per heavy atom. The molecular formula is C25H31N5O3. The highest BCUT2D eigenvalue weighted by Gasteiger charge is 2.28. The summed E-state index contributed by atoms with van der Waals surface area (Å²) in [7, 11) is 0. The molecule has 0 spiro atoms. The highest BCUT2D eigenvalue weighted by atomic mass is 16.2. The van der Waals surface area contributed by atoms with Crippen molar-refractivity contribution in [3.05, 3.63) is 73.6 Å². The van der Waals surface area contributed by atoms with Gasteiger partial charge in [0.05, 0.1) is 10.9 Å². The summed E-state index contributed by atoms with van der Waals surface area (Å²) in [6.07, 6.45) is 2.00. The van der Waals surface area contributed by atoms with Crippen LogP contribution in [0.5, 0.6) is 0 Å². The molecule has 1 aromatic carbocycles. The van der Waals surface area contributed by atoms with Gasteiger partial charge in [-0.15, -0.1) is 0 Å². The zero-order valence-corrected chi connectivity index (χ0v) is 19.5. The lowest BCUT2D eigenvalue weighted by Gasteiger charge is -2.20. The van der Waals surface area contributed by atoms with E-state index >= 15 is 0 Å². The number of aryl methyl sites for hydroxylation is 1. The summed E-state index contributed by atoms with van der Waals surface area (Å²) >= 11 is 0. The molecule has 0 saturated heterocycles. The van der Waals surface area contributed by atoms with E-state index in [2.05, 4.69) is 40.1 Å². The number of nitrogens with one attached hydrogen (secondary N) is 2. The fraction of sp³-hybridized carbons (Fsp3) is 0.440. The zero-order valence-electron chi connectivity index (χ0n) is 19.5. The molecule has 0 aliphatic heterocycles. The lowest BCUT2D eigenvalue weighted by Crippen LogP contribution is -2.33. The van der Waals surface area contributed by atoms with Gasteiger partial charge in [0.15, 0.2) is 5.65 Å². The second-order valence-corrected chi connectivity index (χ2v) is 8.48. The second kappa shape index (κ2) is 9.70. The van der Waals surface area contributed by atoms with Crippen LogP contribution in [0.1, 0.15) is 66.7 Å². The van der Waals surface area contributed by atoms with Gasteiger partial charge < -0.3 is 5.32 Å². The van der Waals surface area contributed by atoms with Crippen LogP contribution in [-0.4, -0.2) is 38.4 Å². The van der Waals surface area contributed by atoms with E-state index in [9.17, 15) is 14.4 Å². The third-order valence-electron chi connectivity index (χ3n) is 6.37. The van der Waals surface area contributed by atoms with Crippen molar-refractivity contribution in [2.24, 2.45) is 0 Å². The number of nitrogens with zero attached hydrogens (tertiary/aromatic N) is 3. The maximum absolute atomic E-state index is 13.3. The number of aromatic amines is 1. The van der Waals surface area contributed by atoms with Crippen molar-refractivity contribution in [1.82, 2.24) is 24.8 Å². The molecule has 8 nitrogen and oxygen atoms in total. The van der Waals surface area contributed by atoms with Gasteiger partial charge in [0.25, 0.3) is 11.5 Å². The van der Waals surface area contributed by atoms with Crippen molar-refractivity contribution in [2.75, 3.05) is 13.1 Å². The standard InChI is InChI=1S/C25H31N5O3/c1-4-29(5-2)15-18-10-8-7-9-17(18)14-26-23(31)19-13-20(16-11-12-16)27-22-21(19)24(32)28-25(33)30(22)6-3/h7-10,13,16H,4-6,11-12,14-15H2,1-3H3,(H,26,31)(H,28,32,33). The molecule has 2 N–H and O–H groups in total. The van der Waals surface area contributed by atoms with Gasteiger partial charge in [-0.3, -0.25) is 24.0 Å². The van der Waals surface area contributed by atoms with Gasteiger partial charge in [0, 0.05) is 31.2 Å². The number of pyridine rings is 1. The van der Waals surface area contributed by atoms with E-state index in [1.807, 2.05) is 25.1 Å². The van der Waals surface area contributed by atoms with E-state index in [0.717, 1.165) is 49.3 Å². The predicted molar refractivity (Wildman–Crippen MR) is 129 cm³/mol. The molecule has 8 heteroatoms. The van der Waals surface area contributed by atoms with Crippen LogP contribution in [0, 0.1) is 0 Å². The molecule has 0 unspecified atom stereocenters. The van der Waals surface area contributed by atoms with Crippen LogP contribution in [0.4, 0.5) is 0 Å². The highest BCUT2D eigenvalue weighted by molar-refractivity contribution is 6.05. The average Bonchev–Trinajstić information content (AvgIpc) is 3.66. The smallest absolute Gasteiger partial charge is 0.329 e. The van der Waals surface area contributed by atoms with Crippen molar-refractivity contribution >= 4 is 16.9 Å². The number of fused-ring (bicyclic) bond motifs is 1. The summed E-state index contributed by atoms with van der Waals surface area (Å²) < 4.78 is 1.42. The lowest BCUT2D eigenvalue weighted by molar-refractivity contribution is 0.0952. The van der Waals surface area contributed by atoms with Crippen LogP contribution >= 0.6 is 0 Å². The average molecular weight is 450 g/mol. The number of carbonyl (C=O) groups is 1. The Morgan fingerprint density at radius 2 is 1.85 bits per heavy atom. The van der Waals surface area contributed by atoms with Gasteiger partial charge >= 0.3 is 5.69 Å². The number of benzene rings is 1. The molecule has 2 aromatic heterocycles. The molecule has 0 radical (unpaired) electrons. The van der Waals surface area contributed by atoms with Crippen molar-refractivity contribution in [3.8, 4) is 0 Å². The van der Waals surface area contributed by atoms with Crippen molar-refractivity contribution in [1.29, 1.82) is 0 Å². The maximum atomic E-state index is 13.3. The van der Waals surface area contributed by atoms with E-state index in [1.54, 1.807) is 6.07 Å². The predicted octanol–water partition coefficient (Wildman–Crippen LogP) is 2.75. The van der Waals surface area contributed by atoms with E-state index in [0.29, 0.717) is 13.1 Å². The van der Waals surface area contributed by atoms with E-state index in [1.165, 1.54) is 4.57 Å². The molecule has 0 bridgehead atoms. The summed E-state index contributed by atoms with van der Waals surface area (Å²) in [6, 6.07) is 9.78. The minimum absolute atomic E-state index is 0.162. The van der Waals surface area contributed by atoms with Crippen molar-refractivity contribution in [3.63, 3.8) is 0 Å². The number of amides is 1. The number of aromatic nitrogens is 3. The summed E-state index contributed by atoms with van der Waals surface area (Å²) in [4.78, 5) is 47.6. The molecule has 2 heterocycles. The Bertz CT molecular complexity index is 1290. The fourth-order valence-electron chi connectivity index (χ4n) is 4.20. The number of hydrogen-bond acceptors (Lipinski definition) is 5. The normalized spacial score (nSPS) is 13.6. The van der Waals surface area contributed by atoms with Gasteiger partial charge in [-0.2, -0.15) is 0 Å². The Labute approximate surface area is 192 Å². The number of hydrogen-bond donors (Lipinski definition) is 2. The largest absolute Gasteiger partial charge is 0.348 e.